The summed E-state index contributed by atoms with van der Waals surface area (Å²) in [6, 6.07) is 0.414. The van der Waals surface area contributed by atoms with Crippen molar-refractivity contribution in [1.29, 1.82) is 0 Å². The van der Waals surface area contributed by atoms with Crippen molar-refractivity contribution in [3.63, 3.8) is 0 Å². The van der Waals surface area contributed by atoms with E-state index in [-0.39, 0.29) is 6.10 Å². The molecular weight excluding hydrogens is 252 g/mol. The van der Waals surface area contributed by atoms with E-state index < -0.39 is 0 Å². The van der Waals surface area contributed by atoms with E-state index in [1.165, 1.54) is 24.8 Å². The molecule has 106 valence electrons. The third-order valence-corrected chi connectivity index (χ3v) is 4.41. The first-order valence-corrected chi connectivity index (χ1v) is 7.54. The van der Waals surface area contributed by atoms with E-state index in [4.69, 9.17) is 9.72 Å². The molecule has 1 aliphatic heterocycles. The second-order valence-electron chi connectivity index (χ2n) is 6.17. The quantitative estimate of drug-likeness (QED) is 0.867. The van der Waals surface area contributed by atoms with Gasteiger partial charge in [-0.05, 0) is 25.2 Å². The van der Waals surface area contributed by atoms with Gasteiger partial charge >= 0.3 is 0 Å². The average molecular weight is 272 g/mol. The molecule has 4 rings (SSSR count). The van der Waals surface area contributed by atoms with Crippen LogP contribution in [0, 0.1) is 0 Å². The summed E-state index contributed by atoms with van der Waals surface area (Å²) >= 11 is 0. The van der Waals surface area contributed by atoms with Gasteiger partial charge < -0.3 is 10.1 Å². The Balaban J connectivity index is 1.79. The van der Waals surface area contributed by atoms with E-state index in [1.54, 1.807) is 0 Å². The first kappa shape index (κ1) is 12.0. The van der Waals surface area contributed by atoms with Gasteiger partial charge in [-0.3, -0.25) is 0 Å². The Bertz CT molecular complexity index is 649. The molecule has 1 N–H and O–H groups in total. The third kappa shape index (κ3) is 1.76. The van der Waals surface area contributed by atoms with Gasteiger partial charge in [0.15, 0.2) is 17.2 Å². The first-order chi connectivity index (χ1) is 9.72. The van der Waals surface area contributed by atoms with Gasteiger partial charge in [-0.15, -0.1) is 0 Å². The summed E-state index contributed by atoms with van der Waals surface area (Å²) in [5, 5.41) is 7.97. The van der Waals surface area contributed by atoms with Gasteiger partial charge in [-0.1, -0.05) is 20.3 Å². The third-order valence-electron chi connectivity index (χ3n) is 4.41. The molecule has 2 aromatic rings. The minimum atomic E-state index is 0.288. The molecule has 20 heavy (non-hydrogen) atoms. The van der Waals surface area contributed by atoms with E-state index in [2.05, 4.69) is 24.3 Å². The number of nitrogens with zero attached hydrogens (tertiary/aromatic N) is 3. The van der Waals surface area contributed by atoms with Crippen LogP contribution >= 0.6 is 0 Å². The maximum Gasteiger partial charge on any atom is 0.180 e. The lowest BCUT2D eigenvalue weighted by molar-refractivity contribution is 0.129. The molecule has 0 saturated heterocycles. The van der Waals surface area contributed by atoms with Crippen molar-refractivity contribution in [3.05, 3.63) is 18.0 Å². The fourth-order valence-corrected chi connectivity index (χ4v) is 3.25. The number of rotatable bonds is 1. The average Bonchev–Trinajstić information content (AvgIpc) is 2.85. The van der Waals surface area contributed by atoms with Gasteiger partial charge in [-0.25, -0.2) is 9.50 Å². The van der Waals surface area contributed by atoms with Crippen LogP contribution in [-0.2, 0) is 0 Å². The Morgan fingerprint density at radius 3 is 3.05 bits per heavy atom. The highest BCUT2D eigenvalue weighted by Crippen LogP contribution is 2.36. The second kappa shape index (κ2) is 4.36. The van der Waals surface area contributed by atoms with Crippen LogP contribution < -0.4 is 10.1 Å². The molecule has 2 unspecified atom stereocenters. The van der Waals surface area contributed by atoms with Crippen LogP contribution in [0.2, 0.25) is 0 Å². The Kier molecular flexibility index (Phi) is 2.62. The molecule has 0 amide bonds. The fraction of sp³-hybridized carbons (Fsp3) is 0.600. The van der Waals surface area contributed by atoms with Crippen molar-refractivity contribution in [2.75, 3.05) is 5.32 Å². The van der Waals surface area contributed by atoms with E-state index in [9.17, 15) is 0 Å². The largest absolute Gasteiger partial charge is 0.483 e. The van der Waals surface area contributed by atoms with Crippen LogP contribution in [0.5, 0.6) is 5.75 Å². The molecular formula is C15H20N4O. The lowest BCUT2D eigenvalue weighted by atomic mass is 9.91. The summed E-state index contributed by atoms with van der Waals surface area (Å²) in [4.78, 5) is 4.75. The zero-order valence-electron chi connectivity index (χ0n) is 12.0. The van der Waals surface area contributed by atoms with Crippen LogP contribution in [0.4, 0.5) is 5.82 Å². The molecule has 2 atom stereocenters. The number of aromatic nitrogens is 3. The highest BCUT2D eigenvalue weighted by atomic mass is 16.5. The van der Waals surface area contributed by atoms with E-state index in [0.717, 1.165) is 23.6 Å². The number of hydrogen-bond donors (Lipinski definition) is 1. The van der Waals surface area contributed by atoms with E-state index in [0.29, 0.717) is 12.0 Å². The number of hydrogen-bond acceptors (Lipinski definition) is 4. The molecule has 5 heteroatoms. The van der Waals surface area contributed by atoms with Crippen LogP contribution in [0.15, 0.2) is 12.4 Å². The SMILES string of the molecule is CC(C)c1cnn2cc3c(nc12)NC1CCCCC1O3. The summed E-state index contributed by atoms with van der Waals surface area (Å²) in [7, 11) is 0. The number of fused-ring (bicyclic) bond motifs is 3. The maximum absolute atomic E-state index is 6.13. The number of anilines is 1. The number of nitrogens with one attached hydrogen (secondary N) is 1. The minimum Gasteiger partial charge on any atom is -0.483 e. The Labute approximate surface area is 118 Å². The summed E-state index contributed by atoms with van der Waals surface area (Å²) < 4.78 is 7.96. The van der Waals surface area contributed by atoms with Crippen molar-refractivity contribution in [3.8, 4) is 5.75 Å². The van der Waals surface area contributed by atoms with E-state index in [1.807, 2.05) is 16.9 Å². The molecule has 5 nitrogen and oxygen atoms in total. The molecule has 1 saturated carbocycles. The van der Waals surface area contributed by atoms with Gasteiger partial charge in [0.25, 0.3) is 0 Å². The molecule has 0 radical (unpaired) electrons. The Morgan fingerprint density at radius 2 is 2.20 bits per heavy atom. The molecule has 0 bridgehead atoms. The van der Waals surface area contributed by atoms with Crippen LogP contribution in [-0.4, -0.2) is 26.7 Å². The Morgan fingerprint density at radius 1 is 1.35 bits per heavy atom. The van der Waals surface area contributed by atoms with Crippen molar-refractivity contribution < 1.29 is 4.74 Å². The highest BCUT2D eigenvalue weighted by molar-refractivity contribution is 5.60. The predicted molar refractivity (Wildman–Crippen MR) is 77.4 cm³/mol. The van der Waals surface area contributed by atoms with Gasteiger partial charge in [0.05, 0.1) is 18.4 Å². The second-order valence-corrected chi connectivity index (χ2v) is 6.17. The first-order valence-electron chi connectivity index (χ1n) is 7.54. The maximum atomic E-state index is 6.13. The van der Waals surface area contributed by atoms with Crippen LogP contribution in [0.25, 0.3) is 5.65 Å². The lowest BCUT2D eigenvalue weighted by Crippen LogP contribution is -2.43. The predicted octanol–water partition coefficient (Wildman–Crippen LogP) is 2.97. The van der Waals surface area contributed by atoms with Gasteiger partial charge in [0, 0.05) is 5.56 Å². The zero-order valence-corrected chi connectivity index (χ0v) is 12.0. The highest BCUT2D eigenvalue weighted by Gasteiger charge is 2.33. The smallest absolute Gasteiger partial charge is 0.180 e. The molecule has 0 aromatic carbocycles. The Hall–Kier alpha value is -1.78. The van der Waals surface area contributed by atoms with Gasteiger partial charge in [0.1, 0.15) is 6.10 Å². The van der Waals surface area contributed by atoms with Crippen molar-refractivity contribution in [2.45, 2.75) is 57.6 Å². The lowest BCUT2D eigenvalue weighted by Gasteiger charge is -2.37. The van der Waals surface area contributed by atoms with Crippen molar-refractivity contribution >= 4 is 11.5 Å². The number of ether oxygens (including phenoxy) is 1. The topological polar surface area (TPSA) is 51.5 Å². The minimum absolute atomic E-state index is 0.288. The van der Waals surface area contributed by atoms with Gasteiger partial charge in [0.2, 0.25) is 0 Å². The summed E-state index contributed by atoms with van der Waals surface area (Å²) in [6.45, 7) is 4.33. The normalized spacial score (nSPS) is 24.9. The van der Waals surface area contributed by atoms with Crippen LogP contribution in [0.1, 0.15) is 51.0 Å². The van der Waals surface area contributed by atoms with Crippen molar-refractivity contribution in [2.24, 2.45) is 0 Å². The summed E-state index contributed by atoms with van der Waals surface area (Å²) in [5.74, 6) is 2.13. The monoisotopic (exact) mass is 272 g/mol. The molecule has 0 spiro atoms. The molecule has 1 fully saturated rings. The summed E-state index contributed by atoms with van der Waals surface area (Å²) in [6.07, 6.45) is 8.99. The van der Waals surface area contributed by atoms with Gasteiger partial charge in [-0.2, -0.15) is 5.10 Å². The zero-order chi connectivity index (χ0) is 13.7. The standard InChI is InChI=1S/C15H20N4O/c1-9(2)10-7-16-19-8-13-14(18-15(10)19)17-11-5-3-4-6-12(11)20-13/h7-9,11-12H,3-6H2,1-2H3,(H,17,18). The fourth-order valence-electron chi connectivity index (χ4n) is 3.25. The molecule has 2 aromatic heterocycles. The molecule has 3 heterocycles. The van der Waals surface area contributed by atoms with Crippen LogP contribution in [0.3, 0.4) is 0 Å². The summed E-state index contributed by atoms with van der Waals surface area (Å²) in [5.41, 5.74) is 2.12. The molecule has 2 aliphatic rings. The molecule has 1 aliphatic carbocycles. The van der Waals surface area contributed by atoms with E-state index >= 15 is 0 Å². The van der Waals surface area contributed by atoms with Crippen molar-refractivity contribution in [1.82, 2.24) is 14.6 Å².